The van der Waals surface area contributed by atoms with Gasteiger partial charge >= 0.3 is 0 Å². The summed E-state index contributed by atoms with van der Waals surface area (Å²) in [5.74, 6) is -1.53. The Morgan fingerprint density at radius 2 is 1.64 bits per heavy atom. The summed E-state index contributed by atoms with van der Waals surface area (Å²) in [5, 5.41) is 5.68. The van der Waals surface area contributed by atoms with Crippen molar-refractivity contribution in [2.75, 3.05) is 48.8 Å². The first-order chi connectivity index (χ1) is 21.2. The maximum Gasteiger partial charge on any atom is 0.265 e. The molecule has 0 spiro atoms. The number of rotatable bonds is 8. The molecule has 1 fully saturated rings. The van der Waals surface area contributed by atoms with Gasteiger partial charge in [0.1, 0.15) is 5.92 Å². The summed E-state index contributed by atoms with van der Waals surface area (Å²) in [7, 11) is 2.13. The number of hydrogen-bond donors (Lipinski definition) is 2. The molecule has 4 aromatic rings. The molecule has 3 aromatic carbocycles. The molecule has 0 radical (unpaired) electrons. The van der Waals surface area contributed by atoms with Crippen molar-refractivity contribution in [1.29, 1.82) is 0 Å². The Morgan fingerprint density at radius 1 is 0.909 bits per heavy atom. The first-order valence-electron chi connectivity index (χ1n) is 14.3. The number of fused-ring (bicyclic) bond motifs is 1. The van der Waals surface area contributed by atoms with E-state index in [-0.39, 0.29) is 23.4 Å². The van der Waals surface area contributed by atoms with Gasteiger partial charge in [-0.1, -0.05) is 12.1 Å². The molecule has 222 valence electrons. The second-order valence-electron chi connectivity index (χ2n) is 10.9. The Kier molecular flexibility index (Phi) is 8.19. The van der Waals surface area contributed by atoms with E-state index < -0.39 is 5.92 Å². The average molecular weight is 606 g/mol. The van der Waals surface area contributed by atoms with Gasteiger partial charge in [-0.05, 0) is 86.3 Å². The fourth-order valence-corrected chi connectivity index (χ4v) is 6.09. The highest BCUT2D eigenvalue weighted by molar-refractivity contribution is 7.16. The van der Waals surface area contributed by atoms with Crippen molar-refractivity contribution in [3.05, 3.63) is 105 Å². The third-order valence-corrected chi connectivity index (χ3v) is 9.02. The highest BCUT2D eigenvalue weighted by Crippen LogP contribution is 2.34. The van der Waals surface area contributed by atoms with Crippen molar-refractivity contribution >= 4 is 63.7 Å². The number of piperazine rings is 1. The highest BCUT2D eigenvalue weighted by atomic mass is 32.1. The summed E-state index contributed by atoms with van der Waals surface area (Å²) in [4.78, 5) is 60.8. The van der Waals surface area contributed by atoms with Gasteiger partial charge in [-0.2, -0.15) is 0 Å². The first kappa shape index (κ1) is 29.2. The van der Waals surface area contributed by atoms with E-state index in [2.05, 4.69) is 44.6 Å². The molecule has 44 heavy (non-hydrogen) atoms. The van der Waals surface area contributed by atoms with Crippen molar-refractivity contribution < 1.29 is 19.2 Å². The van der Waals surface area contributed by atoms with E-state index in [9.17, 15) is 19.2 Å². The Labute approximate surface area is 259 Å². The predicted octanol–water partition coefficient (Wildman–Crippen LogP) is 5.62. The largest absolute Gasteiger partial charge is 0.369 e. The molecule has 1 aromatic heterocycles. The summed E-state index contributed by atoms with van der Waals surface area (Å²) < 4.78 is 0. The van der Waals surface area contributed by atoms with E-state index in [4.69, 9.17) is 0 Å². The second kappa shape index (κ2) is 12.4. The number of hydrogen-bond acceptors (Lipinski definition) is 8. The van der Waals surface area contributed by atoms with Gasteiger partial charge in [0.25, 0.3) is 5.91 Å². The molecule has 2 aliphatic heterocycles. The zero-order valence-electron chi connectivity index (χ0n) is 24.4. The van der Waals surface area contributed by atoms with Gasteiger partial charge in [-0.3, -0.25) is 24.2 Å². The number of carbonyl (C=O) groups is 4. The first-order valence-corrected chi connectivity index (χ1v) is 15.2. The number of anilines is 3. The van der Waals surface area contributed by atoms with E-state index in [0.717, 1.165) is 48.9 Å². The van der Waals surface area contributed by atoms with Crippen molar-refractivity contribution in [2.24, 2.45) is 4.99 Å². The van der Waals surface area contributed by atoms with Crippen LogP contribution < -0.4 is 15.5 Å². The minimum atomic E-state index is -0.633. The van der Waals surface area contributed by atoms with Gasteiger partial charge in [0.15, 0.2) is 11.6 Å². The number of carbonyl (C=O) groups excluding carboxylic acids is 4. The van der Waals surface area contributed by atoms with E-state index in [1.54, 1.807) is 60.8 Å². The van der Waals surface area contributed by atoms with Crippen LogP contribution in [0.5, 0.6) is 0 Å². The molecule has 1 atom stereocenters. The second-order valence-corrected chi connectivity index (χ2v) is 12.0. The highest BCUT2D eigenvalue weighted by Gasteiger charge is 2.30. The number of ketones is 2. The molecule has 2 N–H and O–H groups in total. The molecule has 10 heteroatoms. The SMILES string of the molecule is CC(=O)c1ccc(C(=O)Nc2cccc(C(=O)c3ccc4c(c3)C(C=Nc3ccc(N5CCN(C)CC5)cc3)C(=O)N4)c2)s1. The molecule has 3 heterocycles. The normalized spacial score (nSPS) is 16.5. The van der Waals surface area contributed by atoms with Crippen LogP contribution in [0.2, 0.25) is 0 Å². The third-order valence-electron chi connectivity index (χ3n) is 7.84. The summed E-state index contributed by atoms with van der Waals surface area (Å²) in [5.41, 5.74) is 4.50. The lowest BCUT2D eigenvalue weighted by Crippen LogP contribution is -2.44. The van der Waals surface area contributed by atoms with Gasteiger partial charge in [0, 0.05) is 60.6 Å². The minimum Gasteiger partial charge on any atom is -0.369 e. The number of benzene rings is 3. The molecule has 9 nitrogen and oxygen atoms in total. The van der Waals surface area contributed by atoms with Crippen LogP contribution in [0.15, 0.2) is 83.9 Å². The summed E-state index contributed by atoms with van der Waals surface area (Å²) in [6.07, 6.45) is 1.62. The number of nitrogens with one attached hydrogen (secondary N) is 2. The van der Waals surface area contributed by atoms with Crippen molar-refractivity contribution in [3.8, 4) is 0 Å². The molecule has 6 rings (SSSR count). The number of nitrogens with zero attached hydrogens (tertiary/aromatic N) is 3. The Balaban J connectivity index is 1.16. The number of Topliss-reactive ketones (excluding diaryl/α,β-unsaturated/α-hetero) is 1. The molecule has 2 aliphatic rings. The van der Waals surface area contributed by atoms with Crippen LogP contribution in [0.25, 0.3) is 0 Å². The summed E-state index contributed by atoms with van der Waals surface area (Å²) in [6, 6.07) is 23.1. The molecular weight excluding hydrogens is 574 g/mol. The Bertz CT molecular complexity index is 1790. The van der Waals surface area contributed by atoms with Crippen LogP contribution >= 0.6 is 11.3 Å². The standard InChI is InChI=1S/C34H31N5O4S/c1-21(40)30-12-13-31(44-30)34(43)36-25-5-3-4-22(18-25)32(41)23-6-11-29-27(19-23)28(33(42)37-29)20-35-24-7-9-26(10-8-24)39-16-14-38(2)15-17-39/h3-13,18-20,28H,14-17H2,1-2H3,(H,36,43)(H,37,42). The summed E-state index contributed by atoms with van der Waals surface area (Å²) in [6.45, 7) is 5.48. The van der Waals surface area contributed by atoms with Crippen molar-refractivity contribution in [3.63, 3.8) is 0 Å². The van der Waals surface area contributed by atoms with Crippen LogP contribution in [0.3, 0.4) is 0 Å². The fraction of sp³-hybridized carbons (Fsp3) is 0.206. The third kappa shape index (κ3) is 6.22. The number of thiophene rings is 1. The van der Waals surface area contributed by atoms with Gasteiger partial charge in [0.2, 0.25) is 5.91 Å². The van der Waals surface area contributed by atoms with Crippen LogP contribution in [-0.2, 0) is 4.79 Å². The summed E-state index contributed by atoms with van der Waals surface area (Å²) >= 11 is 1.12. The maximum atomic E-state index is 13.5. The van der Waals surface area contributed by atoms with Gasteiger partial charge in [0.05, 0.1) is 15.4 Å². The van der Waals surface area contributed by atoms with E-state index in [1.807, 2.05) is 12.1 Å². The maximum absolute atomic E-state index is 13.5. The van der Waals surface area contributed by atoms with Crippen LogP contribution in [0.1, 0.15) is 53.7 Å². The lowest BCUT2D eigenvalue weighted by atomic mass is 9.96. The molecule has 2 amide bonds. The topological polar surface area (TPSA) is 111 Å². The van der Waals surface area contributed by atoms with Crippen LogP contribution in [-0.4, -0.2) is 67.7 Å². The monoisotopic (exact) mass is 605 g/mol. The molecule has 0 aliphatic carbocycles. The predicted molar refractivity (Wildman–Crippen MR) is 174 cm³/mol. The molecule has 0 bridgehead atoms. The minimum absolute atomic E-state index is 0.100. The van der Waals surface area contributed by atoms with E-state index in [0.29, 0.717) is 37.8 Å². The lowest BCUT2D eigenvalue weighted by Gasteiger charge is -2.34. The van der Waals surface area contributed by atoms with Gasteiger partial charge in [-0.25, -0.2) is 0 Å². The zero-order chi connectivity index (χ0) is 30.8. The Morgan fingerprint density at radius 3 is 2.36 bits per heavy atom. The smallest absolute Gasteiger partial charge is 0.265 e. The number of likely N-dealkylation sites (N-methyl/N-ethyl adjacent to an activating group) is 1. The average Bonchev–Trinajstić information content (AvgIpc) is 3.65. The van der Waals surface area contributed by atoms with Crippen LogP contribution in [0, 0.1) is 0 Å². The quantitative estimate of drug-likeness (QED) is 0.199. The van der Waals surface area contributed by atoms with Crippen molar-refractivity contribution in [2.45, 2.75) is 12.8 Å². The molecule has 1 unspecified atom stereocenters. The Hall–Kier alpha value is -4.93. The van der Waals surface area contributed by atoms with Gasteiger partial charge < -0.3 is 20.4 Å². The van der Waals surface area contributed by atoms with E-state index in [1.165, 1.54) is 6.92 Å². The number of amides is 2. The molecule has 1 saturated heterocycles. The molecular formula is C34H31N5O4S. The zero-order valence-corrected chi connectivity index (χ0v) is 25.2. The lowest BCUT2D eigenvalue weighted by molar-refractivity contribution is -0.115. The van der Waals surface area contributed by atoms with Crippen molar-refractivity contribution in [1.82, 2.24) is 4.90 Å². The van der Waals surface area contributed by atoms with E-state index >= 15 is 0 Å². The number of aliphatic imine (C=N–C) groups is 1. The van der Waals surface area contributed by atoms with Gasteiger partial charge in [-0.15, -0.1) is 11.3 Å². The molecule has 0 saturated carbocycles. The van der Waals surface area contributed by atoms with Crippen LogP contribution in [0.4, 0.5) is 22.7 Å². The fourth-order valence-electron chi connectivity index (χ4n) is 5.30.